The molecule has 1 aromatic heterocycles. The molecule has 1 aromatic carbocycles. The van der Waals surface area contributed by atoms with Gasteiger partial charge in [-0.2, -0.15) is 0 Å². The summed E-state index contributed by atoms with van der Waals surface area (Å²) in [6, 6.07) is 7.86. The van der Waals surface area contributed by atoms with Crippen molar-refractivity contribution in [2.24, 2.45) is 0 Å². The molecule has 2 rings (SSSR count). The Morgan fingerprint density at radius 1 is 1.13 bits per heavy atom. The van der Waals surface area contributed by atoms with Gasteiger partial charge < -0.3 is 0 Å². The highest BCUT2D eigenvalue weighted by Crippen LogP contribution is 2.21. The Kier molecular flexibility index (Phi) is 2.87. The van der Waals surface area contributed by atoms with Crippen molar-refractivity contribution >= 4 is 22.6 Å². The molecule has 3 heteroatoms. The summed E-state index contributed by atoms with van der Waals surface area (Å²) in [4.78, 5) is 8.91. The van der Waals surface area contributed by atoms with Gasteiger partial charge in [-0.05, 0) is 19.1 Å². The third kappa shape index (κ3) is 2.10. The minimum absolute atomic E-state index is 0.0699. The van der Waals surface area contributed by atoms with E-state index in [4.69, 9.17) is 11.6 Å². The predicted molar refractivity (Wildman–Crippen MR) is 63.3 cm³/mol. The molecule has 0 aliphatic rings. The van der Waals surface area contributed by atoms with Crippen molar-refractivity contribution in [2.75, 3.05) is 0 Å². The van der Waals surface area contributed by atoms with Gasteiger partial charge in [0.2, 0.25) is 0 Å². The van der Waals surface area contributed by atoms with Gasteiger partial charge in [0, 0.05) is 17.5 Å². The third-order valence-electron chi connectivity index (χ3n) is 2.62. The molecule has 2 unspecified atom stereocenters. The Bertz CT molecular complexity index is 468. The van der Waals surface area contributed by atoms with Crippen molar-refractivity contribution in [1.29, 1.82) is 0 Å². The number of hydrogen-bond acceptors (Lipinski definition) is 2. The first-order valence-electron chi connectivity index (χ1n) is 5.04. The molecule has 15 heavy (non-hydrogen) atoms. The highest BCUT2D eigenvalue weighted by atomic mass is 35.5. The van der Waals surface area contributed by atoms with Gasteiger partial charge in [-0.15, -0.1) is 11.6 Å². The molecule has 0 bridgehead atoms. The number of hydrogen-bond donors (Lipinski definition) is 0. The number of aromatic nitrogens is 2. The van der Waals surface area contributed by atoms with Gasteiger partial charge in [0.15, 0.2) is 0 Å². The van der Waals surface area contributed by atoms with Crippen LogP contribution in [-0.4, -0.2) is 15.3 Å². The van der Waals surface area contributed by atoms with E-state index in [1.165, 1.54) is 0 Å². The number of alkyl halides is 1. The van der Waals surface area contributed by atoms with Crippen molar-refractivity contribution in [3.05, 3.63) is 36.2 Å². The normalized spacial score (nSPS) is 15.1. The molecule has 1 heterocycles. The summed E-state index contributed by atoms with van der Waals surface area (Å²) in [5.41, 5.74) is 2.81. The van der Waals surface area contributed by atoms with E-state index in [1.807, 2.05) is 37.4 Å². The Morgan fingerprint density at radius 3 is 2.47 bits per heavy atom. The van der Waals surface area contributed by atoms with E-state index in [0.29, 0.717) is 0 Å². The second-order valence-electron chi connectivity index (χ2n) is 3.75. The van der Waals surface area contributed by atoms with E-state index < -0.39 is 0 Å². The van der Waals surface area contributed by atoms with Crippen LogP contribution >= 0.6 is 11.6 Å². The summed E-state index contributed by atoms with van der Waals surface area (Å²) in [6.07, 6.45) is 1.81. The number of halogens is 1. The molecular weight excluding hydrogens is 208 g/mol. The van der Waals surface area contributed by atoms with Crippen LogP contribution in [0.1, 0.15) is 25.5 Å². The first-order chi connectivity index (χ1) is 7.18. The fourth-order valence-corrected chi connectivity index (χ4v) is 1.56. The molecule has 0 aliphatic heterocycles. The molecule has 0 aliphatic carbocycles. The van der Waals surface area contributed by atoms with E-state index in [9.17, 15) is 0 Å². The maximum absolute atomic E-state index is 6.05. The van der Waals surface area contributed by atoms with E-state index in [0.717, 1.165) is 16.7 Å². The molecule has 2 atom stereocenters. The number of nitrogens with zero attached hydrogens (tertiary/aromatic N) is 2. The van der Waals surface area contributed by atoms with Crippen LogP contribution in [0.5, 0.6) is 0 Å². The highest BCUT2D eigenvalue weighted by Gasteiger charge is 2.13. The summed E-state index contributed by atoms with van der Waals surface area (Å²) in [5.74, 6) is 0.226. The average Bonchev–Trinajstić information content (AvgIpc) is 2.27. The van der Waals surface area contributed by atoms with Gasteiger partial charge in [0.05, 0.1) is 16.7 Å². The zero-order valence-corrected chi connectivity index (χ0v) is 9.57. The second-order valence-corrected chi connectivity index (χ2v) is 4.44. The van der Waals surface area contributed by atoms with E-state index in [1.54, 1.807) is 0 Å². The van der Waals surface area contributed by atoms with Crippen LogP contribution in [0.25, 0.3) is 11.0 Å². The Morgan fingerprint density at radius 2 is 1.80 bits per heavy atom. The molecule has 0 amide bonds. The minimum atomic E-state index is 0.0699. The smallest absolute Gasteiger partial charge is 0.0890 e. The van der Waals surface area contributed by atoms with Crippen molar-refractivity contribution in [3.8, 4) is 0 Å². The van der Waals surface area contributed by atoms with Crippen LogP contribution in [0, 0.1) is 0 Å². The zero-order valence-electron chi connectivity index (χ0n) is 8.81. The van der Waals surface area contributed by atoms with Crippen molar-refractivity contribution in [2.45, 2.75) is 25.1 Å². The Hall–Kier alpha value is -1.15. The maximum atomic E-state index is 6.05. The summed E-state index contributed by atoms with van der Waals surface area (Å²) < 4.78 is 0. The van der Waals surface area contributed by atoms with Gasteiger partial charge in [-0.3, -0.25) is 4.98 Å². The van der Waals surface area contributed by atoms with Crippen LogP contribution in [0.4, 0.5) is 0 Å². The largest absolute Gasteiger partial charge is 0.253 e. The van der Waals surface area contributed by atoms with Crippen molar-refractivity contribution in [3.63, 3.8) is 0 Å². The van der Waals surface area contributed by atoms with Gasteiger partial charge in [0.25, 0.3) is 0 Å². The molecule has 0 radical (unpaired) electrons. The number of para-hydroxylation sites is 2. The third-order valence-corrected chi connectivity index (χ3v) is 3.00. The van der Waals surface area contributed by atoms with Crippen LogP contribution in [0.2, 0.25) is 0 Å². The lowest BCUT2D eigenvalue weighted by molar-refractivity contribution is 0.716. The van der Waals surface area contributed by atoms with E-state index in [-0.39, 0.29) is 11.3 Å². The van der Waals surface area contributed by atoms with Gasteiger partial charge >= 0.3 is 0 Å². The minimum Gasteiger partial charge on any atom is -0.253 e. The zero-order chi connectivity index (χ0) is 10.8. The topological polar surface area (TPSA) is 25.8 Å². The highest BCUT2D eigenvalue weighted by molar-refractivity contribution is 6.20. The van der Waals surface area contributed by atoms with Gasteiger partial charge in [-0.1, -0.05) is 19.1 Å². The molecule has 2 aromatic rings. The summed E-state index contributed by atoms with van der Waals surface area (Å²) in [6.45, 7) is 4.04. The summed E-state index contributed by atoms with van der Waals surface area (Å²) >= 11 is 6.05. The van der Waals surface area contributed by atoms with Crippen LogP contribution in [0.3, 0.4) is 0 Å². The Labute approximate surface area is 94.3 Å². The molecule has 0 fully saturated rings. The molecule has 78 valence electrons. The fraction of sp³-hybridized carbons (Fsp3) is 0.333. The molecule has 0 N–H and O–H groups in total. The average molecular weight is 221 g/mol. The second kappa shape index (κ2) is 4.15. The number of fused-ring (bicyclic) bond motifs is 1. The summed E-state index contributed by atoms with van der Waals surface area (Å²) in [5, 5.41) is 0.0699. The maximum Gasteiger partial charge on any atom is 0.0890 e. The fourth-order valence-electron chi connectivity index (χ4n) is 1.43. The lowest BCUT2D eigenvalue weighted by atomic mass is 10.1. The van der Waals surface area contributed by atoms with Crippen LogP contribution in [-0.2, 0) is 0 Å². The molecular formula is C12H13ClN2. The van der Waals surface area contributed by atoms with Gasteiger partial charge in [0.1, 0.15) is 0 Å². The standard InChI is InChI=1S/C12H13ClN2/c1-8(9(2)13)12-7-14-10-5-3-4-6-11(10)15-12/h3-9H,1-2H3. The van der Waals surface area contributed by atoms with Crippen LogP contribution < -0.4 is 0 Å². The molecule has 0 saturated carbocycles. The van der Waals surface area contributed by atoms with Gasteiger partial charge in [-0.25, -0.2) is 4.98 Å². The lowest BCUT2D eigenvalue weighted by Gasteiger charge is -2.12. The van der Waals surface area contributed by atoms with Crippen LogP contribution in [0.15, 0.2) is 30.5 Å². The SMILES string of the molecule is CC(Cl)C(C)c1cnc2ccccc2n1. The monoisotopic (exact) mass is 220 g/mol. The predicted octanol–water partition coefficient (Wildman–Crippen LogP) is 3.36. The molecule has 2 nitrogen and oxygen atoms in total. The van der Waals surface area contributed by atoms with E-state index in [2.05, 4.69) is 16.9 Å². The van der Waals surface area contributed by atoms with Crippen molar-refractivity contribution < 1.29 is 0 Å². The summed E-state index contributed by atoms with van der Waals surface area (Å²) in [7, 11) is 0. The van der Waals surface area contributed by atoms with Crippen molar-refractivity contribution in [1.82, 2.24) is 9.97 Å². The molecule has 0 saturated heterocycles. The number of rotatable bonds is 2. The first kappa shape index (κ1) is 10.4. The Balaban J connectivity index is 2.47. The quantitative estimate of drug-likeness (QED) is 0.726. The first-order valence-corrected chi connectivity index (χ1v) is 5.48. The van der Waals surface area contributed by atoms with E-state index >= 15 is 0 Å². The number of benzene rings is 1. The lowest BCUT2D eigenvalue weighted by Crippen LogP contribution is -2.07. The molecule has 0 spiro atoms.